The maximum absolute atomic E-state index is 11.0. The van der Waals surface area contributed by atoms with Crippen LogP contribution < -0.4 is 0 Å². The van der Waals surface area contributed by atoms with Gasteiger partial charge in [-0.2, -0.15) is 0 Å². The highest BCUT2D eigenvalue weighted by Gasteiger charge is 2.15. The molecule has 3 rings (SSSR count). The molecule has 8 heteroatoms. The van der Waals surface area contributed by atoms with Crippen LogP contribution in [0.4, 0.5) is 5.69 Å². The summed E-state index contributed by atoms with van der Waals surface area (Å²) >= 11 is 1.49. The molecule has 0 radical (unpaired) electrons. The number of thiazole rings is 1. The quantitative estimate of drug-likeness (QED) is 0.451. The van der Waals surface area contributed by atoms with Crippen molar-refractivity contribution in [1.29, 1.82) is 0 Å². The summed E-state index contributed by atoms with van der Waals surface area (Å²) in [5.74, 6) is -1.27. The van der Waals surface area contributed by atoms with Crippen LogP contribution in [0.25, 0.3) is 21.9 Å². The lowest BCUT2D eigenvalue weighted by Crippen LogP contribution is -1.95. The molecule has 138 valence electrons. The third-order valence-electron chi connectivity index (χ3n) is 3.94. The average Bonchev–Trinajstić information content (AvgIpc) is 3.06. The average molecular weight is 384 g/mol. The zero-order valence-electron chi connectivity index (χ0n) is 14.2. The summed E-state index contributed by atoms with van der Waals surface area (Å²) in [5, 5.41) is 30.3. The van der Waals surface area contributed by atoms with Crippen LogP contribution in [-0.2, 0) is 4.79 Å². The zero-order valence-corrected chi connectivity index (χ0v) is 15.0. The van der Waals surface area contributed by atoms with Gasteiger partial charge in [-0.1, -0.05) is 18.2 Å². The van der Waals surface area contributed by atoms with E-state index in [2.05, 4.69) is 4.98 Å². The molecule has 1 aromatic heterocycles. The number of carboxylic acid groups (broad SMARTS) is 1. The number of aromatic nitrogens is 1. The smallest absolute Gasteiger partial charge is 0.311 e. The van der Waals surface area contributed by atoms with E-state index in [1.54, 1.807) is 12.1 Å². The molecular weight excluding hydrogens is 368 g/mol. The number of aromatic hydroxyl groups is 1. The third-order valence-corrected chi connectivity index (χ3v) is 5.05. The van der Waals surface area contributed by atoms with Crippen molar-refractivity contribution >= 4 is 44.9 Å². The van der Waals surface area contributed by atoms with Gasteiger partial charge in [0.25, 0.3) is 0 Å². The van der Waals surface area contributed by atoms with E-state index in [1.165, 1.54) is 23.5 Å². The number of hydrogen-bond donors (Lipinski definition) is 2. The topological polar surface area (TPSA) is 114 Å². The van der Waals surface area contributed by atoms with Gasteiger partial charge in [0.1, 0.15) is 5.01 Å². The predicted molar refractivity (Wildman–Crippen MR) is 104 cm³/mol. The first-order valence-corrected chi connectivity index (χ1v) is 9.01. The van der Waals surface area contributed by atoms with E-state index < -0.39 is 16.6 Å². The SMILES string of the molecule is O=C(O)CCC/C(=C\c1ccc(O)c([N+](=O)[O-])c1)c1nc2ccccc2s1. The van der Waals surface area contributed by atoms with Crippen LogP contribution in [0.2, 0.25) is 0 Å². The summed E-state index contributed by atoms with van der Waals surface area (Å²) in [6.45, 7) is 0. The Morgan fingerprint density at radius 1 is 1.22 bits per heavy atom. The third kappa shape index (κ3) is 4.48. The van der Waals surface area contributed by atoms with Gasteiger partial charge >= 0.3 is 11.7 Å². The first-order chi connectivity index (χ1) is 12.9. The molecule has 7 nitrogen and oxygen atoms in total. The largest absolute Gasteiger partial charge is 0.502 e. The number of hydrogen-bond acceptors (Lipinski definition) is 6. The molecule has 0 amide bonds. The van der Waals surface area contributed by atoms with Crippen LogP contribution in [0.5, 0.6) is 5.75 Å². The Labute approximate surface area is 158 Å². The van der Waals surface area contributed by atoms with Crippen LogP contribution >= 0.6 is 11.3 Å². The van der Waals surface area contributed by atoms with Crippen molar-refractivity contribution in [1.82, 2.24) is 4.98 Å². The second-order valence-electron chi connectivity index (χ2n) is 5.91. The van der Waals surface area contributed by atoms with Gasteiger partial charge in [-0.3, -0.25) is 14.9 Å². The zero-order chi connectivity index (χ0) is 19.4. The van der Waals surface area contributed by atoms with E-state index in [4.69, 9.17) is 5.11 Å². The van der Waals surface area contributed by atoms with Crippen molar-refractivity contribution in [3.8, 4) is 5.75 Å². The Hall–Kier alpha value is -3.26. The summed E-state index contributed by atoms with van der Waals surface area (Å²) in [7, 11) is 0. The molecule has 0 fully saturated rings. The number of phenols is 1. The highest BCUT2D eigenvalue weighted by molar-refractivity contribution is 7.19. The number of phenolic OH excluding ortho intramolecular Hbond substituents is 1. The van der Waals surface area contributed by atoms with Gasteiger partial charge in [-0.25, -0.2) is 4.98 Å². The maximum Gasteiger partial charge on any atom is 0.311 e. The minimum Gasteiger partial charge on any atom is -0.502 e. The molecule has 2 N–H and O–H groups in total. The fraction of sp³-hybridized carbons (Fsp3) is 0.158. The predicted octanol–water partition coefficient (Wildman–Crippen LogP) is 4.71. The number of allylic oxidation sites excluding steroid dienone is 1. The van der Waals surface area contributed by atoms with Crippen molar-refractivity contribution in [2.24, 2.45) is 0 Å². The lowest BCUT2D eigenvalue weighted by Gasteiger charge is -2.05. The minimum absolute atomic E-state index is 0.0258. The van der Waals surface area contributed by atoms with Crippen molar-refractivity contribution in [3.05, 3.63) is 63.1 Å². The molecule has 0 unspecified atom stereocenters. The van der Waals surface area contributed by atoms with Crippen LogP contribution in [0, 0.1) is 10.1 Å². The molecular formula is C19H16N2O5S. The summed E-state index contributed by atoms with van der Waals surface area (Å²) in [6.07, 6.45) is 2.68. The number of aliphatic carboxylic acids is 1. The number of nitro benzene ring substituents is 1. The highest BCUT2D eigenvalue weighted by atomic mass is 32.1. The maximum atomic E-state index is 11.0. The monoisotopic (exact) mass is 384 g/mol. The summed E-state index contributed by atoms with van der Waals surface area (Å²) in [5.41, 5.74) is 1.82. The number of carbonyl (C=O) groups is 1. The van der Waals surface area contributed by atoms with Gasteiger partial charge in [0.15, 0.2) is 5.75 Å². The number of para-hydroxylation sites is 1. The van der Waals surface area contributed by atoms with E-state index >= 15 is 0 Å². The van der Waals surface area contributed by atoms with Crippen molar-refractivity contribution < 1.29 is 19.9 Å². The van der Waals surface area contributed by atoms with E-state index in [9.17, 15) is 20.0 Å². The molecule has 0 bridgehead atoms. The van der Waals surface area contributed by atoms with Gasteiger partial charge < -0.3 is 10.2 Å². The molecule has 0 saturated heterocycles. The number of benzene rings is 2. The summed E-state index contributed by atoms with van der Waals surface area (Å²) < 4.78 is 1.01. The van der Waals surface area contributed by atoms with Crippen LogP contribution in [-0.4, -0.2) is 26.1 Å². The van der Waals surface area contributed by atoms with E-state index in [1.807, 2.05) is 24.3 Å². The lowest BCUT2D eigenvalue weighted by molar-refractivity contribution is -0.385. The van der Waals surface area contributed by atoms with Gasteiger partial charge in [-0.05, 0) is 48.3 Å². The Morgan fingerprint density at radius 2 is 2.00 bits per heavy atom. The van der Waals surface area contributed by atoms with Crippen LogP contribution in [0.15, 0.2) is 42.5 Å². The molecule has 1 heterocycles. The molecule has 0 aliphatic carbocycles. The number of carboxylic acids is 1. The first kappa shape index (κ1) is 18.5. The van der Waals surface area contributed by atoms with Crippen molar-refractivity contribution in [3.63, 3.8) is 0 Å². The molecule has 0 aliphatic heterocycles. The van der Waals surface area contributed by atoms with E-state index in [-0.39, 0.29) is 12.1 Å². The van der Waals surface area contributed by atoms with Crippen LogP contribution in [0.3, 0.4) is 0 Å². The lowest BCUT2D eigenvalue weighted by atomic mass is 10.0. The van der Waals surface area contributed by atoms with E-state index in [0.717, 1.165) is 20.8 Å². The molecule has 0 aliphatic rings. The fourth-order valence-corrected chi connectivity index (χ4v) is 3.67. The second-order valence-corrected chi connectivity index (χ2v) is 6.94. The first-order valence-electron chi connectivity index (χ1n) is 8.20. The number of rotatable bonds is 7. The minimum atomic E-state index is -0.876. The number of nitrogens with zero attached hydrogens (tertiary/aromatic N) is 2. The Kier molecular flexibility index (Phi) is 5.46. The van der Waals surface area contributed by atoms with Gasteiger partial charge in [0.2, 0.25) is 0 Å². The van der Waals surface area contributed by atoms with Gasteiger partial charge in [-0.15, -0.1) is 11.3 Å². The second kappa shape index (κ2) is 7.96. The summed E-state index contributed by atoms with van der Waals surface area (Å²) in [6, 6.07) is 11.8. The molecule has 2 aromatic carbocycles. The molecule has 0 saturated carbocycles. The Balaban J connectivity index is 2.00. The molecule has 3 aromatic rings. The Morgan fingerprint density at radius 3 is 2.70 bits per heavy atom. The standard InChI is InChI=1S/C19H16N2O5S/c22-16-9-8-12(11-15(16)21(25)26)10-13(4-3-7-18(23)24)19-20-14-5-1-2-6-17(14)27-19/h1-2,5-6,8-11,22H,3-4,7H2,(H,23,24)/b13-10+. The highest BCUT2D eigenvalue weighted by Crippen LogP contribution is 2.33. The molecule has 0 spiro atoms. The van der Waals surface area contributed by atoms with Gasteiger partial charge in [0, 0.05) is 12.5 Å². The fourth-order valence-electron chi connectivity index (χ4n) is 2.66. The van der Waals surface area contributed by atoms with Crippen molar-refractivity contribution in [2.75, 3.05) is 0 Å². The van der Waals surface area contributed by atoms with Gasteiger partial charge in [0.05, 0.1) is 15.1 Å². The van der Waals surface area contributed by atoms with Crippen molar-refractivity contribution in [2.45, 2.75) is 19.3 Å². The summed E-state index contributed by atoms with van der Waals surface area (Å²) in [4.78, 5) is 25.8. The van der Waals surface area contributed by atoms with Crippen LogP contribution in [0.1, 0.15) is 29.8 Å². The molecule has 27 heavy (non-hydrogen) atoms. The number of nitro groups is 1. The Bertz CT molecular complexity index is 1010. The van der Waals surface area contributed by atoms with E-state index in [0.29, 0.717) is 18.4 Å². The molecule has 0 atom stereocenters. The normalized spacial score (nSPS) is 11.6. The number of fused-ring (bicyclic) bond motifs is 1.